The van der Waals surface area contributed by atoms with Crippen molar-refractivity contribution in [3.8, 4) is 5.88 Å². The molecule has 1 amide bonds. The van der Waals surface area contributed by atoms with Crippen molar-refractivity contribution in [2.24, 2.45) is 0 Å². The SMILES string of the molecule is O=C(Nc1cc(Cl)nnc1OC1CCN(C/C=C/c2ccc(F)cc2)CC1)c1ccnc(Cl)c1. The molecule has 176 valence electrons. The molecule has 1 N–H and O–H groups in total. The quantitative estimate of drug-likeness (QED) is 0.452. The van der Waals surface area contributed by atoms with E-state index in [1.807, 2.05) is 6.08 Å². The molecule has 1 saturated heterocycles. The van der Waals surface area contributed by atoms with Crippen LogP contribution in [0.15, 0.2) is 54.7 Å². The zero-order chi connectivity index (χ0) is 23.9. The van der Waals surface area contributed by atoms with Crippen molar-refractivity contribution >= 4 is 40.9 Å². The van der Waals surface area contributed by atoms with Gasteiger partial charge in [0.05, 0.1) is 0 Å². The molecule has 34 heavy (non-hydrogen) atoms. The number of carbonyl (C=O) groups is 1. The van der Waals surface area contributed by atoms with Crippen molar-refractivity contribution in [2.75, 3.05) is 25.0 Å². The molecule has 0 atom stereocenters. The van der Waals surface area contributed by atoms with E-state index >= 15 is 0 Å². The molecular formula is C24H22Cl2FN5O2. The number of piperidine rings is 1. The predicted octanol–water partition coefficient (Wildman–Crippen LogP) is 5.13. The van der Waals surface area contributed by atoms with E-state index < -0.39 is 0 Å². The standard InChI is InChI=1S/C24H22Cl2FN5O2/c25-21-14-17(7-10-28-21)23(33)29-20-15-22(26)30-31-24(20)34-19-8-12-32(13-9-19)11-1-2-16-3-5-18(27)6-4-16/h1-7,10,14-15,19H,8-9,11-13H2,(H,29,30,33)/b2-1+. The van der Waals surface area contributed by atoms with E-state index in [2.05, 4.69) is 31.5 Å². The molecule has 4 rings (SSSR count). The Bertz CT molecular complexity index is 1170. The molecule has 7 nitrogen and oxygen atoms in total. The number of hydrogen-bond acceptors (Lipinski definition) is 6. The lowest BCUT2D eigenvalue weighted by atomic mass is 10.1. The third-order valence-corrected chi connectivity index (χ3v) is 5.72. The van der Waals surface area contributed by atoms with E-state index in [1.54, 1.807) is 18.2 Å². The van der Waals surface area contributed by atoms with Gasteiger partial charge in [-0.15, -0.1) is 10.2 Å². The Hall–Kier alpha value is -3.07. The van der Waals surface area contributed by atoms with Gasteiger partial charge in [-0.3, -0.25) is 9.69 Å². The normalized spacial score (nSPS) is 14.9. The Morgan fingerprint density at radius 1 is 1.12 bits per heavy atom. The van der Waals surface area contributed by atoms with Crippen LogP contribution in [0, 0.1) is 5.82 Å². The van der Waals surface area contributed by atoms with Crippen LogP contribution in [-0.2, 0) is 0 Å². The van der Waals surface area contributed by atoms with Crippen LogP contribution in [0.5, 0.6) is 5.88 Å². The zero-order valence-electron chi connectivity index (χ0n) is 18.1. The Morgan fingerprint density at radius 3 is 2.62 bits per heavy atom. The molecule has 2 aromatic heterocycles. The summed E-state index contributed by atoms with van der Waals surface area (Å²) in [4.78, 5) is 18.8. The summed E-state index contributed by atoms with van der Waals surface area (Å²) in [7, 11) is 0. The maximum Gasteiger partial charge on any atom is 0.257 e. The fourth-order valence-electron chi connectivity index (χ4n) is 3.55. The van der Waals surface area contributed by atoms with Gasteiger partial charge in [-0.05, 0) is 42.7 Å². The molecule has 1 fully saturated rings. The van der Waals surface area contributed by atoms with E-state index in [9.17, 15) is 9.18 Å². The Morgan fingerprint density at radius 2 is 1.88 bits per heavy atom. The number of rotatable bonds is 7. The van der Waals surface area contributed by atoms with Crippen LogP contribution in [0.1, 0.15) is 28.8 Å². The lowest BCUT2D eigenvalue weighted by Gasteiger charge is -2.31. The van der Waals surface area contributed by atoms with Crippen LogP contribution in [-0.4, -0.2) is 51.7 Å². The molecule has 3 heterocycles. The van der Waals surface area contributed by atoms with Gasteiger partial charge in [-0.25, -0.2) is 9.37 Å². The highest BCUT2D eigenvalue weighted by molar-refractivity contribution is 6.30. The minimum absolute atomic E-state index is 0.0705. The molecule has 10 heteroatoms. The van der Waals surface area contributed by atoms with E-state index in [4.69, 9.17) is 27.9 Å². The smallest absolute Gasteiger partial charge is 0.257 e. The molecule has 3 aromatic rings. The van der Waals surface area contributed by atoms with Crippen LogP contribution in [0.2, 0.25) is 10.3 Å². The van der Waals surface area contributed by atoms with Crippen LogP contribution >= 0.6 is 23.2 Å². The first-order valence-corrected chi connectivity index (χ1v) is 11.5. The minimum Gasteiger partial charge on any atom is -0.472 e. The van der Waals surface area contributed by atoms with Crippen molar-refractivity contribution in [3.63, 3.8) is 0 Å². The molecular weight excluding hydrogens is 480 g/mol. The number of ether oxygens (including phenoxy) is 1. The molecule has 1 aromatic carbocycles. The van der Waals surface area contributed by atoms with Gasteiger partial charge in [-0.2, -0.15) is 0 Å². The average molecular weight is 502 g/mol. The molecule has 0 saturated carbocycles. The summed E-state index contributed by atoms with van der Waals surface area (Å²) >= 11 is 11.9. The predicted molar refractivity (Wildman–Crippen MR) is 130 cm³/mol. The summed E-state index contributed by atoms with van der Waals surface area (Å²) in [6.45, 7) is 2.48. The number of halogens is 3. The van der Waals surface area contributed by atoms with E-state index in [0.29, 0.717) is 11.3 Å². The maximum absolute atomic E-state index is 13.0. The number of anilines is 1. The van der Waals surface area contributed by atoms with Crippen LogP contribution < -0.4 is 10.1 Å². The van der Waals surface area contributed by atoms with Crippen molar-refractivity contribution in [2.45, 2.75) is 18.9 Å². The van der Waals surface area contributed by atoms with E-state index in [1.165, 1.54) is 30.5 Å². The number of likely N-dealkylation sites (tertiary alicyclic amines) is 1. The molecule has 0 spiro atoms. The summed E-state index contributed by atoms with van der Waals surface area (Å²) in [6.07, 6.45) is 7.02. The first-order chi connectivity index (χ1) is 16.5. The van der Waals surface area contributed by atoms with Crippen molar-refractivity contribution in [1.82, 2.24) is 20.1 Å². The lowest BCUT2D eigenvalue weighted by Crippen LogP contribution is -2.38. The lowest BCUT2D eigenvalue weighted by molar-refractivity contribution is 0.0997. The first-order valence-electron chi connectivity index (χ1n) is 10.7. The second-order valence-corrected chi connectivity index (χ2v) is 8.55. The van der Waals surface area contributed by atoms with E-state index in [0.717, 1.165) is 38.0 Å². The van der Waals surface area contributed by atoms with Crippen LogP contribution in [0.25, 0.3) is 6.08 Å². The number of carbonyl (C=O) groups excluding carboxylic acids is 1. The molecule has 0 radical (unpaired) electrons. The second kappa shape index (κ2) is 11.4. The number of benzene rings is 1. The summed E-state index contributed by atoms with van der Waals surface area (Å²) in [6, 6.07) is 10.9. The van der Waals surface area contributed by atoms with Gasteiger partial charge in [0, 0.05) is 37.5 Å². The molecule has 1 aliphatic rings. The number of pyridine rings is 1. The highest BCUT2D eigenvalue weighted by Crippen LogP contribution is 2.27. The maximum atomic E-state index is 13.0. The molecule has 0 aliphatic carbocycles. The minimum atomic E-state index is -0.388. The molecule has 1 aliphatic heterocycles. The summed E-state index contributed by atoms with van der Waals surface area (Å²) < 4.78 is 19.1. The first kappa shape index (κ1) is 24.1. The number of amides is 1. The number of nitrogens with one attached hydrogen (secondary N) is 1. The highest BCUT2D eigenvalue weighted by atomic mass is 35.5. The van der Waals surface area contributed by atoms with Gasteiger partial charge in [0.1, 0.15) is 22.8 Å². The van der Waals surface area contributed by atoms with Gasteiger partial charge in [0.25, 0.3) is 11.8 Å². The topological polar surface area (TPSA) is 80.2 Å². The third kappa shape index (κ3) is 6.72. The van der Waals surface area contributed by atoms with Gasteiger partial charge < -0.3 is 10.1 Å². The second-order valence-electron chi connectivity index (χ2n) is 7.78. The van der Waals surface area contributed by atoms with Crippen molar-refractivity contribution < 1.29 is 13.9 Å². The third-order valence-electron chi connectivity index (χ3n) is 5.32. The number of hydrogen-bond donors (Lipinski definition) is 1. The number of nitrogens with zero attached hydrogens (tertiary/aromatic N) is 4. The fourth-order valence-corrected chi connectivity index (χ4v) is 3.87. The average Bonchev–Trinajstić information content (AvgIpc) is 2.83. The highest BCUT2D eigenvalue weighted by Gasteiger charge is 2.22. The van der Waals surface area contributed by atoms with Crippen molar-refractivity contribution in [1.29, 1.82) is 0 Å². The number of aromatic nitrogens is 3. The van der Waals surface area contributed by atoms with Crippen LogP contribution in [0.4, 0.5) is 10.1 Å². The summed E-state index contributed by atoms with van der Waals surface area (Å²) in [5.41, 5.74) is 1.65. The molecule has 0 unspecified atom stereocenters. The Kier molecular flexibility index (Phi) is 8.05. The van der Waals surface area contributed by atoms with Crippen LogP contribution in [0.3, 0.4) is 0 Å². The van der Waals surface area contributed by atoms with Gasteiger partial charge >= 0.3 is 0 Å². The zero-order valence-corrected chi connectivity index (χ0v) is 19.6. The van der Waals surface area contributed by atoms with E-state index in [-0.39, 0.29) is 34.0 Å². The van der Waals surface area contributed by atoms with Gasteiger partial charge in [0.2, 0.25) is 0 Å². The van der Waals surface area contributed by atoms with Gasteiger partial charge in [-0.1, -0.05) is 47.5 Å². The molecule has 0 bridgehead atoms. The largest absolute Gasteiger partial charge is 0.472 e. The fraction of sp³-hybridized carbons (Fsp3) is 0.250. The monoisotopic (exact) mass is 501 g/mol. The Labute approximate surface area is 206 Å². The summed E-state index contributed by atoms with van der Waals surface area (Å²) in [5.74, 6) is -0.414. The Balaban J connectivity index is 1.32. The van der Waals surface area contributed by atoms with Gasteiger partial charge in [0.15, 0.2) is 5.15 Å². The summed E-state index contributed by atoms with van der Waals surface area (Å²) in [5, 5.41) is 11.0. The van der Waals surface area contributed by atoms with Crippen molar-refractivity contribution in [3.05, 3.63) is 82.0 Å².